The number of hydrogen-bond donors (Lipinski definition) is 1. The average molecular weight is 288 g/mol. The van der Waals surface area contributed by atoms with Gasteiger partial charge in [-0.15, -0.1) is 12.4 Å². The van der Waals surface area contributed by atoms with Gasteiger partial charge in [0.1, 0.15) is 0 Å². The molecule has 1 N–H and O–H groups in total. The molecule has 108 valence electrons. The molecule has 0 saturated carbocycles. The molecule has 0 amide bonds. The summed E-state index contributed by atoms with van der Waals surface area (Å²) < 4.78 is 16.1. The standard InChI is InChI=1S/C14H21NO3.ClH/c1-16-12-7-11(10-5-4-6-15-9-10)8-13(17-2)14(12)18-3;/h7-8,10,15H,4-6,9H2,1-3H3;1H. The molecule has 1 aliphatic rings. The first kappa shape index (κ1) is 15.9. The summed E-state index contributed by atoms with van der Waals surface area (Å²) in [5.74, 6) is 2.65. The van der Waals surface area contributed by atoms with Gasteiger partial charge in [0, 0.05) is 6.54 Å². The highest BCUT2D eigenvalue weighted by atomic mass is 35.5. The van der Waals surface area contributed by atoms with E-state index in [0.717, 1.165) is 24.6 Å². The van der Waals surface area contributed by atoms with Gasteiger partial charge in [-0.25, -0.2) is 0 Å². The van der Waals surface area contributed by atoms with Gasteiger partial charge in [0.25, 0.3) is 0 Å². The Morgan fingerprint density at radius 2 is 1.68 bits per heavy atom. The van der Waals surface area contributed by atoms with Crippen molar-refractivity contribution in [1.29, 1.82) is 0 Å². The molecule has 0 bridgehead atoms. The lowest BCUT2D eigenvalue weighted by atomic mass is 9.91. The van der Waals surface area contributed by atoms with Crippen LogP contribution in [0, 0.1) is 0 Å². The zero-order chi connectivity index (χ0) is 13.0. The van der Waals surface area contributed by atoms with E-state index in [1.165, 1.54) is 18.4 Å². The van der Waals surface area contributed by atoms with Crippen LogP contribution in [-0.2, 0) is 0 Å². The fourth-order valence-corrected chi connectivity index (χ4v) is 2.47. The van der Waals surface area contributed by atoms with Crippen molar-refractivity contribution in [3.05, 3.63) is 17.7 Å². The molecular weight excluding hydrogens is 266 g/mol. The van der Waals surface area contributed by atoms with Gasteiger partial charge in [0.15, 0.2) is 11.5 Å². The molecule has 0 spiro atoms. The number of hydrogen-bond acceptors (Lipinski definition) is 4. The fraction of sp³-hybridized carbons (Fsp3) is 0.571. The van der Waals surface area contributed by atoms with E-state index in [0.29, 0.717) is 11.7 Å². The molecule has 2 rings (SSSR count). The third-order valence-corrected chi connectivity index (χ3v) is 3.46. The Labute approximate surface area is 120 Å². The zero-order valence-electron chi connectivity index (χ0n) is 11.7. The van der Waals surface area contributed by atoms with Crippen LogP contribution in [-0.4, -0.2) is 34.4 Å². The van der Waals surface area contributed by atoms with Gasteiger partial charge in [0.2, 0.25) is 5.75 Å². The van der Waals surface area contributed by atoms with E-state index in [9.17, 15) is 0 Å². The molecule has 5 heteroatoms. The van der Waals surface area contributed by atoms with Crippen LogP contribution in [0.25, 0.3) is 0 Å². The molecule has 1 atom stereocenters. The Kier molecular flexibility index (Phi) is 6.25. The summed E-state index contributed by atoms with van der Waals surface area (Å²) in [6.45, 7) is 2.12. The molecule has 19 heavy (non-hydrogen) atoms. The summed E-state index contributed by atoms with van der Waals surface area (Å²) in [6, 6.07) is 4.11. The Hall–Kier alpha value is -1.13. The molecule has 1 aromatic rings. The fourth-order valence-electron chi connectivity index (χ4n) is 2.47. The van der Waals surface area contributed by atoms with E-state index in [2.05, 4.69) is 17.4 Å². The Balaban J connectivity index is 0.00000180. The molecule has 1 heterocycles. The van der Waals surface area contributed by atoms with Crippen LogP contribution in [0.3, 0.4) is 0 Å². The van der Waals surface area contributed by atoms with Crippen molar-refractivity contribution >= 4 is 12.4 Å². The first-order chi connectivity index (χ1) is 8.80. The Morgan fingerprint density at radius 1 is 1.05 bits per heavy atom. The van der Waals surface area contributed by atoms with Gasteiger partial charge in [-0.3, -0.25) is 0 Å². The zero-order valence-corrected chi connectivity index (χ0v) is 12.5. The molecule has 0 aliphatic carbocycles. The van der Waals surface area contributed by atoms with Crippen molar-refractivity contribution in [3.8, 4) is 17.2 Å². The van der Waals surface area contributed by atoms with Crippen LogP contribution in [0.5, 0.6) is 17.2 Å². The van der Waals surface area contributed by atoms with Gasteiger partial charge < -0.3 is 19.5 Å². The summed E-state index contributed by atoms with van der Waals surface area (Å²) in [7, 11) is 4.93. The number of methoxy groups -OCH3 is 3. The van der Waals surface area contributed by atoms with Crippen molar-refractivity contribution in [3.63, 3.8) is 0 Å². The lowest BCUT2D eigenvalue weighted by Gasteiger charge is -2.24. The van der Waals surface area contributed by atoms with E-state index < -0.39 is 0 Å². The monoisotopic (exact) mass is 287 g/mol. The van der Waals surface area contributed by atoms with Crippen molar-refractivity contribution in [2.75, 3.05) is 34.4 Å². The molecular formula is C14H22ClNO3. The highest BCUT2D eigenvalue weighted by Crippen LogP contribution is 2.40. The van der Waals surface area contributed by atoms with Crippen LogP contribution in [0.4, 0.5) is 0 Å². The minimum Gasteiger partial charge on any atom is -0.493 e. The predicted octanol–water partition coefficient (Wildman–Crippen LogP) is 2.60. The Bertz CT molecular complexity index is 381. The normalized spacial score (nSPS) is 18.4. The molecule has 4 nitrogen and oxygen atoms in total. The first-order valence-electron chi connectivity index (χ1n) is 6.30. The number of halogens is 1. The smallest absolute Gasteiger partial charge is 0.203 e. The topological polar surface area (TPSA) is 39.7 Å². The lowest BCUT2D eigenvalue weighted by molar-refractivity contribution is 0.322. The Morgan fingerprint density at radius 3 is 2.11 bits per heavy atom. The second-order valence-corrected chi connectivity index (χ2v) is 4.50. The number of ether oxygens (including phenoxy) is 3. The minimum atomic E-state index is 0. The van der Waals surface area contributed by atoms with Gasteiger partial charge in [0.05, 0.1) is 21.3 Å². The molecule has 1 unspecified atom stereocenters. The third-order valence-electron chi connectivity index (χ3n) is 3.46. The van der Waals surface area contributed by atoms with Gasteiger partial charge in [-0.05, 0) is 43.0 Å². The van der Waals surface area contributed by atoms with Crippen LogP contribution in [0.2, 0.25) is 0 Å². The van der Waals surface area contributed by atoms with Crippen LogP contribution < -0.4 is 19.5 Å². The van der Waals surface area contributed by atoms with Crippen LogP contribution >= 0.6 is 12.4 Å². The first-order valence-corrected chi connectivity index (χ1v) is 6.30. The largest absolute Gasteiger partial charge is 0.493 e. The van der Waals surface area contributed by atoms with Gasteiger partial charge >= 0.3 is 0 Å². The molecule has 1 fully saturated rings. The summed E-state index contributed by atoms with van der Waals surface area (Å²) in [5.41, 5.74) is 1.25. The predicted molar refractivity (Wildman–Crippen MR) is 78.2 cm³/mol. The molecule has 1 saturated heterocycles. The van der Waals surface area contributed by atoms with Gasteiger partial charge in [-0.2, -0.15) is 0 Å². The van der Waals surface area contributed by atoms with E-state index in [4.69, 9.17) is 14.2 Å². The second kappa shape index (κ2) is 7.46. The lowest BCUT2D eigenvalue weighted by Crippen LogP contribution is -2.28. The van der Waals surface area contributed by atoms with E-state index in [1.54, 1.807) is 21.3 Å². The van der Waals surface area contributed by atoms with Gasteiger partial charge in [-0.1, -0.05) is 0 Å². The summed E-state index contributed by atoms with van der Waals surface area (Å²) in [4.78, 5) is 0. The second-order valence-electron chi connectivity index (χ2n) is 4.50. The SMILES string of the molecule is COc1cc(C2CCCNC2)cc(OC)c1OC.Cl. The maximum absolute atomic E-state index is 5.38. The number of benzene rings is 1. The van der Waals surface area contributed by atoms with Crippen LogP contribution in [0.15, 0.2) is 12.1 Å². The highest BCUT2D eigenvalue weighted by Gasteiger charge is 2.20. The minimum absolute atomic E-state index is 0. The quantitative estimate of drug-likeness (QED) is 0.924. The van der Waals surface area contributed by atoms with Crippen molar-refractivity contribution in [1.82, 2.24) is 5.32 Å². The number of nitrogens with one attached hydrogen (secondary N) is 1. The molecule has 0 radical (unpaired) electrons. The number of rotatable bonds is 4. The van der Waals surface area contributed by atoms with Crippen molar-refractivity contribution < 1.29 is 14.2 Å². The average Bonchev–Trinajstić information content (AvgIpc) is 2.46. The molecule has 1 aromatic carbocycles. The van der Waals surface area contributed by atoms with Crippen LogP contribution in [0.1, 0.15) is 24.3 Å². The third kappa shape index (κ3) is 3.45. The van der Waals surface area contributed by atoms with Crippen molar-refractivity contribution in [2.45, 2.75) is 18.8 Å². The maximum atomic E-state index is 5.38. The van der Waals surface area contributed by atoms with Crippen molar-refractivity contribution in [2.24, 2.45) is 0 Å². The molecule has 0 aromatic heterocycles. The number of piperidine rings is 1. The summed E-state index contributed by atoms with van der Waals surface area (Å²) >= 11 is 0. The highest BCUT2D eigenvalue weighted by molar-refractivity contribution is 5.85. The summed E-state index contributed by atoms with van der Waals surface area (Å²) in [6.07, 6.45) is 2.41. The van der Waals surface area contributed by atoms with E-state index in [-0.39, 0.29) is 12.4 Å². The maximum Gasteiger partial charge on any atom is 0.203 e. The van der Waals surface area contributed by atoms with E-state index in [1.807, 2.05) is 0 Å². The summed E-state index contributed by atoms with van der Waals surface area (Å²) in [5, 5.41) is 3.42. The van der Waals surface area contributed by atoms with E-state index >= 15 is 0 Å². The molecule has 1 aliphatic heterocycles.